The van der Waals surface area contributed by atoms with Crippen LogP contribution in [0.5, 0.6) is 0 Å². The number of rotatable bonds is 0. The Labute approximate surface area is 56.4 Å². The van der Waals surface area contributed by atoms with E-state index in [1.807, 2.05) is 0 Å². The van der Waals surface area contributed by atoms with Gasteiger partial charge >= 0.3 is 0 Å². The van der Waals surface area contributed by atoms with Crippen LogP contribution in [0.4, 0.5) is 0 Å². The molecule has 9 heavy (non-hydrogen) atoms. The molecule has 1 nitrogen and oxygen atoms in total. The summed E-state index contributed by atoms with van der Waals surface area (Å²) < 4.78 is 0. The lowest BCUT2D eigenvalue weighted by Crippen LogP contribution is -2.22. The largest absolute Gasteiger partial charge is 0.293 e. The predicted octanol–water partition coefficient (Wildman–Crippen LogP) is 1.10. The van der Waals surface area contributed by atoms with Crippen molar-refractivity contribution in [3.8, 4) is 0 Å². The average Bonchev–Trinajstić information content (AvgIpc) is 2.22. The van der Waals surface area contributed by atoms with E-state index in [4.69, 9.17) is 6.92 Å². The molecular weight excluding hydrogens is 110 g/mol. The summed E-state index contributed by atoms with van der Waals surface area (Å²) in [5, 5.41) is 0. The van der Waals surface area contributed by atoms with Crippen LogP contribution in [0.2, 0.25) is 0 Å². The molecule has 0 aromatic rings. The number of hydrogen-bond acceptors (Lipinski definition) is 1. The van der Waals surface area contributed by atoms with Gasteiger partial charge in [0.25, 0.3) is 0 Å². The van der Waals surface area contributed by atoms with E-state index in [0.717, 1.165) is 12.1 Å². The molecule has 0 N–H and O–H groups in total. The first-order valence-electron chi connectivity index (χ1n) is 3.56. The average molecular weight is 121 g/mol. The third-order valence-corrected chi connectivity index (χ3v) is 2.21. The minimum atomic E-state index is 0.699. The van der Waals surface area contributed by atoms with Crippen molar-refractivity contribution in [2.24, 2.45) is 0 Å². The van der Waals surface area contributed by atoms with Crippen LogP contribution in [0.3, 0.4) is 0 Å². The second-order valence-corrected chi connectivity index (χ2v) is 2.92. The summed E-state index contributed by atoms with van der Waals surface area (Å²) in [6, 6.07) is 0.699. The molecule has 1 fully saturated rings. The Hall–Kier alpha value is -0.300. The second kappa shape index (κ2) is 1.84. The van der Waals surface area contributed by atoms with E-state index in [1.54, 1.807) is 0 Å². The monoisotopic (exact) mass is 121 g/mol. The van der Waals surface area contributed by atoms with E-state index in [9.17, 15) is 0 Å². The molecule has 1 saturated heterocycles. The van der Waals surface area contributed by atoms with Gasteiger partial charge < -0.3 is 0 Å². The molecule has 0 spiro atoms. The minimum absolute atomic E-state index is 0.699. The molecular formula is C8H11N. The lowest BCUT2D eigenvalue weighted by Gasteiger charge is -2.12. The van der Waals surface area contributed by atoms with E-state index in [0.29, 0.717) is 6.04 Å². The molecule has 2 rings (SSSR count). The number of hydrogen-bond donors (Lipinski definition) is 0. The van der Waals surface area contributed by atoms with Crippen LogP contribution < -0.4 is 0 Å². The zero-order valence-corrected chi connectivity index (χ0v) is 5.51. The molecule has 0 amide bonds. The van der Waals surface area contributed by atoms with Gasteiger partial charge in [0, 0.05) is 12.6 Å². The minimum Gasteiger partial charge on any atom is -0.293 e. The van der Waals surface area contributed by atoms with Crippen molar-refractivity contribution in [1.82, 2.24) is 4.90 Å². The highest BCUT2D eigenvalue weighted by atomic mass is 15.2. The standard InChI is InChI=1S/C8H11N/c1-7-5-8-3-2-4-9(8)6-7/h1,5,8H,2-4,6H2. The Morgan fingerprint density at radius 1 is 1.67 bits per heavy atom. The Kier molecular flexibility index (Phi) is 1.12. The summed E-state index contributed by atoms with van der Waals surface area (Å²) in [7, 11) is 0. The Morgan fingerprint density at radius 2 is 2.56 bits per heavy atom. The van der Waals surface area contributed by atoms with E-state index in [2.05, 4.69) is 11.0 Å². The first-order chi connectivity index (χ1) is 4.36. The van der Waals surface area contributed by atoms with Crippen LogP contribution in [0.15, 0.2) is 11.6 Å². The van der Waals surface area contributed by atoms with Gasteiger partial charge in [-0.3, -0.25) is 4.90 Å². The summed E-state index contributed by atoms with van der Waals surface area (Å²) in [6.45, 7) is 7.91. The van der Waals surface area contributed by atoms with Gasteiger partial charge in [0.2, 0.25) is 0 Å². The second-order valence-electron chi connectivity index (χ2n) is 2.92. The van der Waals surface area contributed by atoms with Crippen LogP contribution in [0.1, 0.15) is 12.8 Å². The van der Waals surface area contributed by atoms with Gasteiger partial charge in [0.05, 0.1) is 0 Å². The van der Waals surface area contributed by atoms with Gasteiger partial charge in [-0.15, -0.1) is 0 Å². The SMILES string of the molecule is [CH]C1=CC2CCCN2C1. The molecule has 1 heteroatoms. The van der Waals surface area contributed by atoms with E-state index >= 15 is 0 Å². The van der Waals surface area contributed by atoms with Gasteiger partial charge in [-0.25, -0.2) is 0 Å². The predicted molar refractivity (Wildman–Crippen MR) is 37.0 cm³/mol. The van der Waals surface area contributed by atoms with Crippen LogP contribution >= 0.6 is 0 Å². The van der Waals surface area contributed by atoms with Crippen molar-refractivity contribution in [2.75, 3.05) is 13.1 Å². The quantitative estimate of drug-likeness (QED) is 0.464. The molecule has 48 valence electrons. The zero-order chi connectivity index (χ0) is 6.27. The highest BCUT2D eigenvalue weighted by molar-refractivity contribution is 5.19. The molecule has 2 radical (unpaired) electrons. The van der Waals surface area contributed by atoms with Crippen molar-refractivity contribution in [2.45, 2.75) is 18.9 Å². The van der Waals surface area contributed by atoms with E-state index in [1.165, 1.54) is 19.4 Å². The molecule has 2 aliphatic heterocycles. The summed E-state index contributed by atoms with van der Waals surface area (Å²) in [4.78, 5) is 2.44. The van der Waals surface area contributed by atoms with Gasteiger partial charge in [0.1, 0.15) is 0 Å². The fourth-order valence-corrected chi connectivity index (χ4v) is 1.77. The summed E-state index contributed by atoms with van der Waals surface area (Å²) in [5.74, 6) is 0. The third-order valence-electron chi connectivity index (χ3n) is 2.21. The lowest BCUT2D eigenvalue weighted by molar-refractivity contribution is 0.341. The fourth-order valence-electron chi connectivity index (χ4n) is 1.77. The maximum Gasteiger partial charge on any atom is 0.0285 e. The van der Waals surface area contributed by atoms with Gasteiger partial charge in [-0.2, -0.15) is 0 Å². The summed E-state index contributed by atoms with van der Waals surface area (Å²) in [5.41, 5.74) is 1.07. The van der Waals surface area contributed by atoms with Crippen molar-refractivity contribution in [3.05, 3.63) is 18.6 Å². The van der Waals surface area contributed by atoms with Gasteiger partial charge in [-0.05, 0) is 26.3 Å². The topological polar surface area (TPSA) is 3.24 Å². The highest BCUT2D eigenvalue weighted by Crippen LogP contribution is 2.25. The molecule has 1 unspecified atom stereocenters. The zero-order valence-electron chi connectivity index (χ0n) is 5.51. The van der Waals surface area contributed by atoms with Gasteiger partial charge in [-0.1, -0.05) is 11.6 Å². The molecule has 0 aliphatic carbocycles. The molecule has 0 bridgehead atoms. The number of nitrogens with zero attached hydrogens (tertiary/aromatic N) is 1. The van der Waals surface area contributed by atoms with Crippen molar-refractivity contribution >= 4 is 0 Å². The highest BCUT2D eigenvalue weighted by Gasteiger charge is 2.26. The summed E-state index contributed by atoms with van der Waals surface area (Å²) in [6.07, 6.45) is 4.88. The Morgan fingerprint density at radius 3 is 3.33 bits per heavy atom. The molecule has 2 aliphatic rings. The van der Waals surface area contributed by atoms with E-state index < -0.39 is 0 Å². The number of fused-ring (bicyclic) bond motifs is 1. The fraction of sp³-hybridized carbons (Fsp3) is 0.625. The van der Waals surface area contributed by atoms with Crippen LogP contribution in [-0.2, 0) is 0 Å². The maximum atomic E-state index is 5.64. The first kappa shape index (κ1) is 5.48. The Balaban J connectivity index is 2.13. The summed E-state index contributed by atoms with van der Waals surface area (Å²) >= 11 is 0. The van der Waals surface area contributed by atoms with Crippen molar-refractivity contribution in [1.29, 1.82) is 0 Å². The van der Waals surface area contributed by atoms with Crippen LogP contribution in [-0.4, -0.2) is 24.0 Å². The maximum absolute atomic E-state index is 5.64. The Bertz CT molecular complexity index is 149. The van der Waals surface area contributed by atoms with Crippen LogP contribution in [0.25, 0.3) is 0 Å². The first-order valence-corrected chi connectivity index (χ1v) is 3.56. The van der Waals surface area contributed by atoms with E-state index in [-0.39, 0.29) is 0 Å². The van der Waals surface area contributed by atoms with Gasteiger partial charge in [0.15, 0.2) is 0 Å². The van der Waals surface area contributed by atoms with Crippen LogP contribution in [0, 0.1) is 6.92 Å². The lowest BCUT2D eigenvalue weighted by atomic mass is 10.2. The van der Waals surface area contributed by atoms with Crippen molar-refractivity contribution < 1.29 is 0 Å². The molecule has 0 aromatic heterocycles. The third kappa shape index (κ3) is 0.799. The smallest absolute Gasteiger partial charge is 0.0285 e. The molecule has 2 heterocycles. The van der Waals surface area contributed by atoms with Crippen molar-refractivity contribution in [3.63, 3.8) is 0 Å². The molecule has 0 saturated carbocycles. The molecule has 1 atom stereocenters. The molecule has 0 aromatic carbocycles. The normalized spacial score (nSPS) is 34.8.